The van der Waals surface area contributed by atoms with Crippen LogP contribution in [-0.4, -0.2) is 32.7 Å². The molecule has 2 aromatic rings. The van der Waals surface area contributed by atoms with E-state index in [0.29, 0.717) is 5.56 Å². The van der Waals surface area contributed by atoms with E-state index in [1.54, 1.807) is 6.07 Å². The van der Waals surface area contributed by atoms with E-state index in [0.717, 1.165) is 55.9 Å². The van der Waals surface area contributed by atoms with E-state index in [2.05, 4.69) is 9.62 Å². The van der Waals surface area contributed by atoms with Gasteiger partial charge < -0.3 is 0 Å². The van der Waals surface area contributed by atoms with Gasteiger partial charge in [0, 0.05) is 18.7 Å². The molecule has 0 radical (unpaired) electrons. The van der Waals surface area contributed by atoms with Gasteiger partial charge >= 0.3 is 0 Å². The largest absolute Gasteiger partial charge is 0.299 e. The van der Waals surface area contributed by atoms with Crippen LogP contribution in [0.25, 0.3) is 0 Å². The van der Waals surface area contributed by atoms with Crippen molar-refractivity contribution in [1.82, 2.24) is 9.62 Å². The summed E-state index contributed by atoms with van der Waals surface area (Å²) in [5.74, 6) is -0.865. The van der Waals surface area contributed by atoms with E-state index in [4.69, 9.17) is 0 Å². The number of benzene rings is 2. The quantitative estimate of drug-likeness (QED) is 0.787. The molecule has 1 saturated heterocycles. The molecule has 0 spiro atoms. The van der Waals surface area contributed by atoms with Gasteiger partial charge in [-0.25, -0.2) is 21.9 Å². The second-order valence-electron chi connectivity index (χ2n) is 7.57. The standard InChI is InChI=1S/C21H26F2N2O2S/c1-15(24-28(2,26)27)17-5-3-16(4-6-17)14-25-11-9-18(10-12-25)20-8-7-19(22)13-21(20)23/h3-8,13,15,18,24H,9-12,14H2,1-2H3/t15-/m1/s1. The van der Waals surface area contributed by atoms with Crippen LogP contribution in [0.1, 0.15) is 48.4 Å². The lowest BCUT2D eigenvalue weighted by Gasteiger charge is -2.32. The fourth-order valence-corrected chi connectivity index (χ4v) is 4.57. The summed E-state index contributed by atoms with van der Waals surface area (Å²) in [5.41, 5.74) is 2.68. The van der Waals surface area contributed by atoms with Crippen LogP contribution < -0.4 is 4.72 Å². The zero-order valence-electron chi connectivity index (χ0n) is 16.2. The van der Waals surface area contributed by atoms with Gasteiger partial charge in [-0.1, -0.05) is 30.3 Å². The SMILES string of the molecule is C[C@@H](NS(C)(=O)=O)c1ccc(CN2CCC(c3ccc(F)cc3F)CC2)cc1. The smallest absolute Gasteiger partial charge is 0.209 e. The number of hydrogen-bond donors (Lipinski definition) is 1. The zero-order valence-corrected chi connectivity index (χ0v) is 17.0. The molecule has 7 heteroatoms. The van der Waals surface area contributed by atoms with Crippen LogP contribution in [-0.2, 0) is 16.6 Å². The number of nitrogens with zero attached hydrogens (tertiary/aromatic N) is 1. The van der Waals surface area contributed by atoms with Crippen LogP contribution >= 0.6 is 0 Å². The first kappa shape index (κ1) is 20.9. The first-order chi connectivity index (χ1) is 13.2. The molecule has 28 heavy (non-hydrogen) atoms. The van der Waals surface area contributed by atoms with Crippen LogP contribution in [0.15, 0.2) is 42.5 Å². The van der Waals surface area contributed by atoms with E-state index >= 15 is 0 Å². The molecule has 1 N–H and O–H groups in total. The summed E-state index contributed by atoms with van der Waals surface area (Å²) < 4.78 is 52.4. The molecule has 4 nitrogen and oxygen atoms in total. The fourth-order valence-electron chi connectivity index (χ4n) is 3.79. The van der Waals surface area contributed by atoms with Crippen LogP contribution in [0.3, 0.4) is 0 Å². The second-order valence-corrected chi connectivity index (χ2v) is 9.35. The fraction of sp³-hybridized carbons (Fsp3) is 0.429. The Morgan fingerprint density at radius 2 is 1.75 bits per heavy atom. The molecule has 1 atom stereocenters. The number of rotatable bonds is 6. The van der Waals surface area contributed by atoms with E-state index < -0.39 is 21.7 Å². The Kier molecular flexibility index (Phi) is 6.47. The molecule has 2 aromatic carbocycles. The molecular weight excluding hydrogens is 382 g/mol. The number of nitrogens with one attached hydrogen (secondary N) is 1. The predicted octanol–water partition coefficient (Wildman–Crippen LogP) is 3.95. The first-order valence-electron chi connectivity index (χ1n) is 9.45. The van der Waals surface area contributed by atoms with Crippen LogP contribution in [0.5, 0.6) is 0 Å². The van der Waals surface area contributed by atoms with Gasteiger partial charge in [0.25, 0.3) is 0 Å². The maximum absolute atomic E-state index is 14.0. The average Bonchev–Trinajstić information content (AvgIpc) is 2.62. The Hall–Kier alpha value is -1.83. The minimum absolute atomic E-state index is 0.127. The Morgan fingerprint density at radius 3 is 2.32 bits per heavy atom. The monoisotopic (exact) mass is 408 g/mol. The molecule has 0 bridgehead atoms. The van der Waals surface area contributed by atoms with Crippen LogP contribution in [0.4, 0.5) is 8.78 Å². The molecule has 1 fully saturated rings. The van der Waals surface area contributed by atoms with Gasteiger partial charge in [0.1, 0.15) is 11.6 Å². The van der Waals surface area contributed by atoms with Crippen molar-refractivity contribution >= 4 is 10.0 Å². The molecule has 1 heterocycles. The summed E-state index contributed by atoms with van der Waals surface area (Å²) in [5, 5.41) is 0. The summed E-state index contributed by atoms with van der Waals surface area (Å²) in [6.07, 6.45) is 2.84. The Balaban J connectivity index is 1.54. The third kappa shape index (κ3) is 5.59. The molecule has 0 amide bonds. The third-order valence-corrected chi connectivity index (χ3v) is 6.05. The number of likely N-dealkylation sites (tertiary alicyclic amines) is 1. The van der Waals surface area contributed by atoms with E-state index in [1.807, 2.05) is 31.2 Å². The van der Waals surface area contributed by atoms with Crippen LogP contribution in [0, 0.1) is 11.6 Å². The van der Waals surface area contributed by atoms with Crippen molar-refractivity contribution in [3.63, 3.8) is 0 Å². The summed E-state index contributed by atoms with van der Waals surface area (Å²) in [7, 11) is -3.24. The van der Waals surface area contributed by atoms with Gasteiger partial charge in [-0.3, -0.25) is 4.90 Å². The predicted molar refractivity (Wildman–Crippen MR) is 106 cm³/mol. The Labute approximate surface area is 165 Å². The summed E-state index contributed by atoms with van der Waals surface area (Å²) in [6, 6.07) is 11.5. The second kappa shape index (κ2) is 8.68. The lowest BCUT2D eigenvalue weighted by molar-refractivity contribution is 0.203. The molecule has 152 valence electrons. The highest BCUT2D eigenvalue weighted by Crippen LogP contribution is 2.30. The van der Waals surface area contributed by atoms with Crippen molar-refractivity contribution in [3.8, 4) is 0 Å². The highest BCUT2D eigenvalue weighted by molar-refractivity contribution is 7.88. The molecule has 0 aliphatic carbocycles. The molecule has 3 rings (SSSR count). The van der Waals surface area contributed by atoms with Gasteiger partial charge in [-0.2, -0.15) is 0 Å². The Morgan fingerprint density at radius 1 is 1.11 bits per heavy atom. The topological polar surface area (TPSA) is 49.4 Å². The minimum Gasteiger partial charge on any atom is -0.299 e. The van der Waals surface area contributed by atoms with Crippen molar-refractivity contribution in [2.75, 3.05) is 19.3 Å². The summed E-state index contributed by atoms with van der Waals surface area (Å²) in [6.45, 7) is 4.33. The molecule has 0 aromatic heterocycles. The number of piperidine rings is 1. The van der Waals surface area contributed by atoms with E-state index in [1.165, 1.54) is 6.07 Å². The van der Waals surface area contributed by atoms with Crippen molar-refractivity contribution in [3.05, 3.63) is 70.8 Å². The zero-order chi connectivity index (χ0) is 20.3. The van der Waals surface area contributed by atoms with Gasteiger partial charge in [0.2, 0.25) is 10.0 Å². The van der Waals surface area contributed by atoms with Crippen molar-refractivity contribution in [2.24, 2.45) is 0 Å². The number of sulfonamides is 1. The third-order valence-electron chi connectivity index (χ3n) is 5.27. The molecule has 0 saturated carbocycles. The van der Waals surface area contributed by atoms with Crippen molar-refractivity contribution in [2.45, 2.75) is 38.3 Å². The minimum atomic E-state index is -3.24. The van der Waals surface area contributed by atoms with Crippen LogP contribution in [0.2, 0.25) is 0 Å². The lowest BCUT2D eigenvalue weighted by Crippen LogP contribution is -2.32. The summed E-state index contributed by atoms with van der Waals surface area (Å²) >= 11 is 0. The lowest BCUT2D eigenvalue weighted by atomic mass is 9.89. The van der Waals surface area contributed by atoms with Gasteiger partial charge in [0.05, 0.1) is 6.26 Å². The molecule has 1 aliphatic heterocycles. The van der Waals surface area contributed by atoms with Gasteiger partial charge in [-0.05, 0) is 61.5 Å². The maximum Gasteiger partial charge on any atom is 0.209 e. The average molecular weight is 409 g/mol. The van der Waals surface area contributed by atoms with Gasteiger partial charge in [-0.15, -0.1) is 0 Å². The molecule has 0 unspecified atom stereocenters. The highest BCUT2D eigenvalue weighted by Gasteiger charge is 2.23. The highest BCUT2D eigenvalue weighted by atomic mass is 32.2. The normalized spacial score (nSPS) is 17.6. The van der Waals surface area contributed by atoms with E-state index in [-0.39, 0.29) is 12.0 Å². The number of hydrogen-bond acceptors (Lipinski definition) is 3. The molecular formula is C21H26F2N2O2S. The number of halogens is 2. The first-order valence-corrected chi connectivity index (χ1v) is 11.3. The van der Waals surface area contributed by atoms with Crippen molar-refractivity contribution in [1.29, 1.82) is 0 Å². The Bertz CT molecular complexity index is 909. The van der Waals surface area contributed by atoms with E-state index in [9.17, 15) is 17.2 Å². The van der Waals surface area contributed by atoms with Gasteiger partial charge in [0.15, 0.2) is 0 Å². The van der Waals surface area contributed by atoms with Crippen molar-refractivity contribution < 1.29 is 17.2 Å². The molecule has 1 aliphatic rings. The summed E-state index contributed by atoms with van der Waals surface area (Å²) in [4.78, 5) is 2.32. The maximum atomic E-state index is 14.0.